The van der Waals surface area contributed by atoms with Gasteiger partial charge < -0.3 is 15.5 Å². The SMILES string of the molecule is Oc1c(Br)cccc1CNCC1(O)CCCCC1. The zero-order valence-corrected chi connectivity index (χ0v) is 12.0. The molecule has 0 bridgehead atoms. The quantitative estimate of drug-likeness (QED) is 0.801. The molecule has 2 rings (SSSR count). The molecule has 1 fully saturated rings. The highest BCUT2D eigenvalue weighted by Gasteiger charge is 2.28. The second kappa shape index (κ2) is 6.04. The van der Waals surface area contributed by atoms with Gasteiger partial charge in [0.2, 0.25) is 0 Å². The van der Waals surface area contributed by atoms with E-state index in [0.717, 1.165) is 31.2 Å². The molecule has 1 aliphatic carbocycles. The maximum absolute atomic E-state index is 10.3. The lowest BCUT2D eigenvalue weighted by Gasteiger charge is -2.32. The first-order chi connectivity index (χ1) is 8.61. The van der Waals surface area contributed by atoms with Gasteiger partial charge in [-0.1, -0.05) is 31.4 Å². The van der Waals surface area contributed by atoms with Crippen molar-refractivity contribution in [1.29, 1.82) is 0 Å². The van der Waals surface area contributed by atoms with Gasteiger partial charge in [0.15, 0.2) is 0 Å². The fraction of sp³-hybridized carbons (Fsp3) is 0.571. The van der Waals surface area contributed by atoms with Crippen molar-refractivity contribution < 1.29 is 10.2 Å². The average molecular weight is 314 g/mol. The molecule has 0 unspecified atom stereocenters. The van der Waals surface area contributed by atoms with Crippen LogP contribution in [0.25, 0.3) is 0 Å². The molecule has 0 atom stereocenters. The van der Waals surface area contributed by atoms with Crippen molar-refractivity contribution in [2.75, 3.05) is 6.54 Å². The maximum Gasteiger partial charge on any atom is 0.134 e. The second-order valence-corrected chi connectivity index (χ2v) is 5.99. The summed E-state index contributed by atoms with van der Waals surface area (Å²) in [6.45, 7) is 1.17. The van der Waals surface area contributed by atoms with E-state index in [9.17, 15) is 10.2 Å². The first kappa shape index (κ1) is 13.8. The number of phenols is 1. The molecule has 0 amide bonds. The van der Waals surface area contributed by atoms with Crippen LogP contribution in [0.5, 0.6) is 5.75 Å². The van der Waals surface area contributed by atoms with Gasteiger partial charge in [0.05, 0.1) is 10.1 Å². The Morgan fingerprint density at radius 1 is 1.22 bits per heavy atom. The Labute approximate surface area is 116 Å². The van der Waals surface area contributed by atoms with Crippen molar-refractivity contribution in [1.82, 2.24) is 5.32 Å². The van der Waals surface area contributed by atoms with E-state index in [1.54, 1.807) is 0 Å². The third-order valence-electron chi connectivity index (χ3n) is 3.62. The van der Waals surface area contributed by atoms with Crippen LogP contribution >= 0.6 is 15.9 Å². The van der Waals surface area contributed by atoms with E-state index < -0.39 is 5.60 Å². The van der Waals surface area contributed by atoms with Crippen LogP contribution in [0, 0.1) is 0 Å². The molecule has 3 nitrogen and oxygen atoms in total. The molecular formula is C14H20BrNO2. The van der Waals surface area contributed by atoms with E-state index in [1.807, 2.05) is 18.2 Å². The molecule has 0 saturated heterocycles. The minimum absolute atomic E-state index is 0.278. The van der Waals surface area contributed by atoms with Crippen molar-refractivity contribution in [3.8, 4) is 5.75 Å². The standard InChI is InChI=1S/C14H20BrNO2/c15-12-6-4-5-11(13(12)17)9-16-10-14(18)7-2-1-3-8-14/h4-6,16-18H,1-3,7-10H2. The molecule has 1 saturated carbocycles. The molecule has 1 aliphatic rings. The first-order valence-corrected chi connectivity index (χ1v) is 7.29. The smallest absolute Gasteiger partial charge is 0.134 e. The topological polar surface area (TPSA) is 52.5 Å². The van der Waals surface area contributed by atoms with E-state index in [-0.39, 0.29) is 5.75 Å². The summed E-state index contributed by atoms with van der Waals surface area (Å²) in [5.41, 5.74) is 0.295. The number of rotatable bonds is 4. The van der Waals surface area contributed by atoms with Gasteiger partial charge in [0, 0.05) is 18.7 Å². The van der Waals surface area contributed by atoms with Crippen LogP contribution in [0.1, 0.15) is 37.7 Å². The van der Waals surface area contributed by atoms with Gasteiger partial charge in [-0.05, 0) is 34.8 Å². The molecule has 0 aliphatic heterocycles. The minimum Gasteiger partial charge on any atom is -0.506 e. The molecule has 0 aromatic heterocycles. The average Bonchev–Trinajstić information content (AvgIpc) is 2.35. The molecule has 3 N–H and O–H groups in total. The van der Waals surface area contributed by atoms with E-state index in [1.165, 1.54) is 6.42 Å². The van der Waals surface area contributed by atoms with Gasteiger partial charge in [-0.2, -0.15) is 0 Å². The van der Waals surface area contributed by atoms with Crippen molar-refractivity contribution in [3.05, 3.63) is 28.2 Å². The second-order valence-electron chi connectivity index (χ2n) is 5.14. The molecule has 0 spiro atoms. The Kier molecular flexibility index (Phi) is 4.65. The molecule has 0 heterocycles. The Hall–Kier alpha value is -0.580. The lowest BCUT2D eigenvalue weighted by Crippen LogP contribution is -2.41. The van der Waals surface area contributed by atoms with Crippen molar-refractivity contribution in [3.63, 3.8) is 0 Å². The number of phenolic OH excluding ortho intramolecular Hbond substituents is 1. The van der Waals surface area contributed by atoms with Crippen molar-refractivity contribution >= 4 is 15.9 Å². The van der Waals surface area contributed by atoms with Crippen LogP contribution in [0.3, 0.4) is 0 Å². The van der Waals surface area contributed by atoms with Gasteiger partial charge in [-0.15, -0.1) is 0 Å². The number of para-hydroxylation sites is 1. The molecule has 18 heavy (non-hydrogen) atoms. The number of nitrogens with one attached hydrogen (secondary N) is 1. The summed E-state index contributed by atoms with van der Waals surface area (Å²) in [6.07, 6.45) is 5.21. The largest absolute Gasteiger partial charge is 0.506 e. The third-order valence-corrected chi connectivity index (χ3v) is 4.26. The zero-order chi connectivity index (χ0) is 13.0. The number of aromatic hydroxyl groups is 1. The highest BCUT2D eigenvalue weighted by Crippen LogP contribution is 2.29. The lowest BCUT2D eigenvalue weighted by molar-refractivity contribution is 0.00463. The molecule has 100 valence electrons. The van der Waals surface area contributed by atoms with Crippen LogP contribution in [-0.2, 0) is 6.54 Å². The number of hydrogen-bond donors (Lipinski definition) is 3. The fourth-order valence-corrected chi connectivity index (χ4v) is 2.93. The highest BCUT2D eigenvalue weighted by molar-refractivity contribution is 9.10. The molecule has 0 radical (unpaired) electrons. The summed E-state index contributed by atoms with van der Waals surface area (Å²) in [5, 5.41) is 23.4. The lowest BCUT2D eigenvalue weighted by atomic mass is 9.85. The van der Waals surface area contributed by atoms with Gasteiger partial charge in [0.1, 0.15) is 5.75 Å². The number of benzene rings is 1. The van der Waals surface area contributed by atoms with Crippen LogP contribution in [0.2, 0.25) is 0 Å². The maximum atomic E-state index is 10.3. The van der Waals surface area contributed by atoms with Crippen LogP contribution < -0.4 is 5.32 Å². The Balaban J connectivity index is 1.86. The van der Waals surface area contributed by atoms with Gasteiger partial charge in [-0.25, -0.2) is 0 Å². The summed E-state index contributed by atoms with van der Waals surface area (Å²) < 4.78 is 0.707. The van der Waals surface area contributed by atoms with Crippen LogP contribution in [0.15, 0.2) is 22.7 Å². The summed E-state index contributed by atoms with van der Waals surface area (Å²) in [4.78, 5) is 0. The highest BCUT2D eigenvalue weighted by atomic mass is 79.9. The summed E-state index contributed by atoms with van der Waals surface area (Å²) in [5.74, 6) is 0.278. The van der Waals surface area contributed by atoms with Gasteiger partial charge in [0.25, 0.3) is 0 Å². The number of hydrogen-bond acceptors (Lipinski definition) is 3. The van der Waals surface area contributed by atoms with E-state index in [4.69, 9.17) is 0 Å². The van der Waals surface area contributed by atoms with E-state index in [0.29, 0.717) is 17.6 Å². The van der Waals surface area contributed by atoms with Crippen LogP contribution in [-0.4, -0.2) is 22.4 Å². The van der Waals surface area contributed by atoms with E-state index in [2.05, 4.69) is 21.2 Å². The first-order valence-electron chi connectivity index (χ1n) is 6.50. The predicted molar refractivity (Wildman–Crippen MR) is 75.5 cm³/mol. The Morgan fingerprint density at radius 2 is 1.94 bits per heavy atom. The van der Waals surface area contributed by atoms with Crippen LogP contribution in [0.4, 0.5) is 0 Å². The number of aliphatic hydroxyl groups is 1. The summed E-state index contributed by atoms with van der Waals surface area (Å²) >= 11 is 3.30. The minimum atomic E-state index is -0.556. The normalized spacial score (nSPS) is 18.8. The summed E-state index contributed by atoms with van der Waals surface area (Å²) in [7, 11) is 0. The van der Waals surface area contributed by atoms with Crippen molar-refractivity contribution in [2.45, 2.75) is 44.2 Å². The Morgan fingerprint density at radius 3 is 2.67 bits per heavy atom. The Bertz CT molecular complexity index is 403. The molecule has 4 heteroatoms. The predicted octanol–water partition coefficient (Wildman–Crippen LogP) is 2.94. The third kappa shape index (κ3) is 3.46. The fourth-order valence-electron chi connectivity index (χ4n) is 2.52. The molecular weight excluding hydrogens is 294 g/mol. The van der Waals surface area contributed by atoms with E-state index >= 15 is 0 Å². The molecule has 1 aromatic carbocycles. The number of halogens is 1. The van der Waals surface area contributed by atoms with Gasteiger partial charge in [-0.3, -0.25) is 0 Å². The molecule has 1 aromatic rings. The van der Waals surface area contributed by atoms with Gasteiger partial charge >= 0.3 is 0 Å². The van der Waals surface area contributed by atoms with Crippen molar-refractivity contribution in [2.24, 2.45) is 0 Å². The summed E-state index contributed by atoms with van der Waals surface area (Å²) in [6, 6.07) is 5.60. The monoisotopic (exact) mass is 313 g/mol. The zero-order valence-electron chi connectivity index (χ0n) is 10.5.